The number of H-pyrrole nitrogens is 1. The summed E-state index contributed by atoms with van der Waals surface area (Å²) >= 11 is 5.64. The zero-order valence-corrected chi connectivity index (χ0v) is 9.74. The molecule has 0 saturated carbocycles. The predicted octanol–water partition coefficient (Wildman–Crippen LogP) is 2.12. The van der Waals surface area contributed by atoms with Gasteiger partial charge in [0.2, 0.25) is 0 Å². The molecule has 0 spiro atoms. The van der Waals surface area contributed by atoms with Crippen LogP contribution in [0.1, 0.15) is 0 Å². The first-order chi connectivity index (χ1) is 8.31. The monoisotopic (exact) mass is 247 g/mol. The van der Waals surface area contributed by atoms with Crippen molar-refractivity contribution < 1.29 is 0 Å². The molecule has 0 atom stereocenters. The molecule has 1 N–H and O–H groups in total. The Morgan fingerprint density at radius 1 is 1.35 bits per heavy atom. The van der Waals surface area contributed by atoms with E-state index in [1.807, 2.05) is 24.3 Å². The van der Waals surface area contributed by atoms with Crippen LogP contribution in [0, 0.1) is 0 Å². The highest BCUT2D eigenvalue weighted by atomic mass is 35.5. The van der Waals surface area contributed by atoms with E-state index in [0.717, 1.165) is 16.4 Å². The zero-order chi connectivity index (χ0) is 11.8. The number of benzene rings is 1. The van der Waals surface area contributed by atoms with Crippen molar-refractivity contribution in [1.82, 2.24) is 14.5 Å². The molecule has 0 amide bonds. The number of hydrogen-bond donors (Lipinski definition) is 1. The van der Waals surface area contributed by atoms with E-state index in [1.165, 1.54) is 4.57 Å². The number of aromatic amines is 1. The zero-order valence-electron chi connectivity index (χ0n) is 8.98. The Labute approximate surface area is 102 Å². The first kappa shape index (κ1) is 10.4. The number of halogens is 1. The molecule has 5 heteroatoms. The molecule has 0 aliphatic carbocycles. The normalized spacial score (nSPS) is 11.4. The van der Waals surface area contributed by atoms with E-state index in [-0.39, 0.29) is 5.56 Å². The van der Waals surface area contributed by atoms with Crippen molar-refractivity contribution in [3.63, 3.8) is 0 Å². The number of aryl methyl sites for hydroxylation is 1. The minimum atomic E-state index is -0.0770. The average molecular weight is 248 g/mol. The van der Waals surface area contributed by atoms with Crippen molar-refractivity contribution in [2.24, 2.45) is 0 Å². The Bertz CT molecular complexity index is 744. The lowest BCUT2D eigenvalue weighted by molar-refractivity contribution is 0.721. The van der Waals surface area contributed by atoms with Gasteiger partial charge in [-0.15, -0.1) is 11.6 Å². The van der Waals surface area contributed by atoms with Gasteiger partial charge in [0.25, 0.3) is 5.56 Å². The van der Waals surface area contributed by atoms with E-state index in [0.29, 0.717) is 17.9 Å². The quantitative estimate of drug-likeness (QED) is 0.705. The van der Waals surface area contributed by atoms with Gasteiger partial charge >= 0.3 is 0 Å². The lowest BCUT2D eigenvalue weighted by atomic mass is 10.2. The lowest BCUT2D eigenvalue weighted by Gasteiger charge is -2.00. The molecular formula is C12H10ClN3O. The van der Waals surface area contributed by atoms with Gasteiger partial charge in [0.1, 0.15) is 11.0 Å². The summed E-state index contributed by atoms with van der Waals surface area (Å²) in [6.07, 6.45) is 1.55. The van der Waals surface area contributed by atoms with E-state index in [2.05, 4.69) is 9.97 Å². The summed E-state index contributed by atoms with van der Waals surface area (Å²) in [6, 6.07) is 7.74. The topological polar surface area (TPSA) is 50.7 Å². The minimum Gasteiger partial charge on any atom is -0.349 e. The first-order valence-electron chi connectivity index (χ1n) is 5.33. The minimum absolute atomic E-state index is 0.0770. The van der Waals surface area contributed by atoms with Gasteiger partial charge in [0, 0.05) is 23.3 Å². The molecule has 0 aliphatic rings. The molecular weight excluding hydrogens is 238 g/mol. The molecule has 0 unspecified atom stereocenters. The van der Waals surface area contributed by atoms with Crippen LogP contribution in [0.5, 0.6) is 0 Å². The van der Waals surface area contributed by atoms with Crippen LogP contribution in [0.15, 0.2) is 35.4 Å². The Balaban J connectivity index is 2.41. The van der Waals surface area contributed by atoms with Crippen LogP contribution in [0.4, 0.5) is 0 Å². The fourth-order valence-corrected chi connectivity index (χ4v) is 2.17. The van der Waals surface area contributed by atoms with E-state index in [1.54, 1.807) is 6.33 Å². The van der Waals surface area contributed by atoms with Gasteiger partial charge in [0.05, 0.1) is 6.33 Å². The third kappa shape index (κ3) is 1.52. The molecule has 86 valence electrons. The molecule has 0 radical (unpaired) electrons. The SMILES string of the molecule is O=c1c2[nH]c3ccccc3c2ncn1CCCl. The number of nitrogens with one attached hydrogen (secondary N) is 1. The second-order valence-electron chi connectivity index (χ2n) is 3.83. The first-order valence-corrected chi connectivity index (χ1v) is 5.86. The van der Waals surface area contributed by atoms with Crippen molar-refractivity contribution >= 4 is 33.5 Å². The maximum absolute atomic E-state index is 12.1. The Hall–Kier alpha value is -1.81. The highest BCUT2D eigenvalue weighted by Crippen LogP contribution is 2.20. The summed E-state index contributed by atoms with van der Waals surface area (Å²) in [5.41, 5.74) is 2.11. The Kier molecular flexibility index (Phi) is 2.37. The van der Waals surface area contributed by atoms with Crippen molar-refractivity contribution in [3.05, 3.63) is 40.9 Å². The number of alkyl halides is 1. The van der Waals surface area contributed by atoms with Gasteiger partial charge in [-0.05, 0) is 6.07 Å². The largest absolute Gasteiger partial charge is 0.349 e. The lowest BCUT2D eigenvalue weighted by Crippen LogP contribution is -2.21. The maximum Gasteiger partial charge on any atom is 0.277 e. The molecule has 0 fully saturated rings. The predicted molar refractivity (Wildman–Crippen MR) is 68.6 cm³/mol. The van der Waals surface area contributed by atoms with Crippen LogP contribution in [-0.4, -0.2) is 20.4 Å². The highest BCUT2D eigenvalue weighted by molar-refractivity contribution is 6.17. The van der Waals surface area contributed by atoms with Crippen LogP contribution in [-0.2, 0) is 6.54 Å². The van der Waals surface area contributed by atoms with Crippen molar-refractivity contribution in [2.75, 3.05) is 5.88 Å². The molecule has 3 aromatic rings. The van der Waals surface area contributed by atoms with Gasteiger partial charge in [-0.1, -0.05) is 18.2 Å². The van der Waals surface area contributed by atoms with Gasteiger partial charge in [-0.2, -0.15) is 0 Å². The van der Waals surface area contributed by atoms with Crippen molar-refractivity contribution in [1.29, 1.82) is 0 Å². The summed E-state index contributed by atoms with van der Waals surface area (Å²) in [5.74, 6) is 0.396. The highest BCUT2D eigenvalue weighted by Gasteiger charge is 2.09. The number of nitrogens with zero attached hydrogens (tertiary/aromatic N) is 2. The number of hydrogen-bond acceptors (Lipinski definition) is 2. The standard InChI is InChI=1S/C12H10ClN3O/c13-5-6-16-7-14-10-8-3-1-2-4-9(8)15-11(10)12(16)17/h1-4,7,15H,5-6H2. The number of fused-ring (bicyclic) bond motifs is 3. The fraction of sp³-hybridized carbons (Fsp3) is 0.167. The van der Waals surface area contributed by atoms with Gasteiger partial charge in [0.15, 0.2) is 0 Å². The Morgan fingerprint density at radius 3 is 3.00 bits per heavy atom. The van der Waals surface area contributed by atoms with E-state index >= 15 is 0 Å². The number of para-hydroxylation sites is 1. The van der Waals surface area contributed by atoms with Crippen LogP contribution in [0.2, 0.25) is 0 Å². The molecule has 2 heterocycles. The molecule has 0 aliphatic heterocycles. The second kappa shape index (κ2) is 3.89. The van der Waals surface area contributed by atoms with E-state index in [9.17, 15) is 4.79 Å². The average Bonchev–Trinajstić information content (AvgIpc) is 2.73. The maximum atomic E-state index is 12.1. The Morgan fingerprint density at radius 2 is 2.18 bits per heavy atom. The van der Waals surface area contributed by atoms with Crippen molar-refractivity contribution in [2.45, 2.75) is 6.54 Å². The third-order valence-corrected chi connectivity index (χ3v) is 2.97. The van der Waals surface area contributed by atoms with Crippen LogP contribution in [0.25, 0.3) is 21.9 Å². The van der Waals surface area contributed by atoms with Crippen LogP contribution >= 0.6 is 11.6 Å². The molecule has 0 saturated heterocycles. The molecule has 0 bridgehead atoms. The fourth-order valence-electron chi connectivity index (χ4n) is 1.99. The van der Waals surface area contributed by atoms with Crippen LogP contribution in [0.3, 0.4) is 0 Å². The van der Waals surface area contributed by atoms with Crippen LogP contribution < -0.4 is 5.56 Å². The van der Waals surface area contributed by atoms with Crippen molar-refractivity contribution in [3.8, 4) is 0 Å². The number of aromatic nitrogens is 3. The summed E-state index contributed by atoms with van der Waals surface area (Å²) < 4.78 is 1.52. The second-order valence-corrected chi connectivity index (χ2v) is 4.20. The molecule has 2 aromatic heterocycles. The summed E-state index contributed by atoms with van der Waals surface area (Å²) in [4.78, 5) is 19.5. The molecule has 3 rings (SSSR count). The molecule has 1 aromatic carbocycles. The molecule has 4 nitrogen and oxygen atoms in total. The summed E-state index contributed by atoms with van der Waals surface area (Å²) in [7, 11) is 0. The molecule has 17 heavy (non-hydrogen) atoms. The van der Waals surface area contributed by atoms with Gasteiger partial charge in [-0.3, -0.25) is 9.36 Å². The summed E-state index contributed by atoms with van der Waals surface area (Å²) in [6.45, 7) is 0.471. The smallest absolute Gasteiger partial charge is 0.277 e. The van der Waals surface area contributed by atoms with E-state index in [4.69, 9.17) is 11.6 Å². The summed E-state index contributed by atoms with van der Waals surface area (Å²) in [5, 5.41) is 0.970. The van der Waals surface area contributed by atoms with Gasteiger partial charge in [-0.25, -0.2) is 4.98 Å². The third-order valence-electron chi connectivity index (χ3n) is 2.81. The van der Waals surface area contributed by atoms with Gasteiger partial charge < -0.3 is 4.98 Å². The number of rotatable bonds is 2. The van der Waals surface area contributed by atoms with E-state index < -0.39 is 0 Å².